The van der Waals surface area contributed by atoms with Gasteiger partial charge in [0.15, 0.2) is 0 Å². The summed E-state index contributed by atoms with van der Waals surface area (Å²) in [5, 5.41) is 4.27. The minimum absolute atomic E-state index is 0.244. The maximum atomic E-state index is 12.4. The summed E-state index contributed by atoms with van der Waals surface area (Å²) in [4.78, 5) is 27.5. The molecule has 3 aromatic rings. The van der Waals surface area contributed by atoms with Crippen molar-refractivity contribution in [3.63, 3.8) is 0 Å². The molecule has 0 aliphatic rings. The molecule has 2 aromatic carbocycles. The number of anilines is 1. The zero-order chi connectivity index (χ0) is 16.6. The Morgan fingerprint density at radius 2 is 1.61 bits per heavy atom. The van der Waals surface area contributed by atoms with Crippen molar-refractivity contribution in [2.45, 2.75) is 0 Å². The highest BCUT2D eigenvalue weighted by atomic mass is 35.5. The monoisotopic (exact) mass is 366 g/mol. The van der Waals surface area contributed by atoms with Crippen molar-refractivity contribution < 1.29 is 9.59 Å². The van der Waals surface area contributed by atoms with E-state index in [9.17, 15) is 9.59 Å². The third-order valence-electron chi connectivity index (χ3n) is 3.22. The lowest BCUT2D eigenvalue weighted by Gasteiger charge is -2.05. The summed E-state index contributed by atoms with van der Waals surface area (Å²) in [6.45, 7) is 0. The van der Waals surface area contributed by atoms with Gasteiger partial charge >= 0.3 is 0 Å². The number of ketones is 1. The Kier molecular flexibility index (Phi) is 4.31. The number of carbonyl (C=O) groups excluding carboxylic acids is 2. The molecule has 116 valence electrons. The van der Waals surface area contributed by atoms with Crippen molar-refractivity contribution in [2.75, 3.05) is 5.32 Å². The number of aromatic nitrogens is 1. The lowest BCUT2D eigenvalue weighted by molar-refractivity contribution is -0.112. The second kappa shape index (κ2) is 6.24. The molecule has 1 heterocycles. The number of halogens is 3. The summed E-state index contributed by atoms with van der Waals surface area (Å²) in [6.07, 6.45) is 1.48. The predicted octanol–water partition coefficient (Wildman–Crippen LogP) is 4.95. The summed E-state index contributed by atoms with van der Waals surface area (Å²) in [5.74, 6) is -1.47. The van der Waals surface area contributed by atoms with E-state index in [0.29, 0.717) is 26.1 Å². The molecule has 0 bridgehead atoms. The Balaban J connectivity index is 1.89. The average Bonchev–Trinajstić information content (AvgIpc) is 2.88. The van der Waals surface area contributed by atoms with Crippen molar-refractivity contribution in [2.24, 2.45) is 0 Å². The van der Waals surface area contributed by atoms with Crippen LogP contribution >= 0.6 is 34.8 Å². The third kappa shape index (κ3) is 3.34. The van der Waals surface area contributed by atoms with Gasteiger partial charge in [0.05, 0.1) is 5.56 Å². The van der Waals surface area contributed by atoms with Crippen LogP contribution in [0.25, 0.3) is 10.9 Å². The first-order chi connectivity index (χ1) is 10.9. The zero-order valence-corrected chi connectivity index (χ0v) is 13.8. The Hall–Kier alpha value is -2.01. The number of amides is 1. The van der Waals surface area contributed by atoms with Crippen LogP contribution in [0, 0.1) is 0 Å². The minimum Gasteiger partial charge on any atom is -0.360 e. The van der Waals surface area contributed by atoms with Crippen LogP contribution in [0.3, 0.4) is 0 Å². The third-order valence-corrected chi connectivity index (χ3v) is 3.89. The molecular formula is C16H9Cl3N2O2. The summed E-state index contributed by atoms with van der Waals surface area (Å²) in [7, 11) is 0. The van der Waals surface area contributed by atoms with E-state index in [2.05, 4.69) is 10.3 Å². The van der Waals surface area contributed by atoms with E-state index in [1.165, 1.54) is 24.4 Å². The number of nitrogens with one attached hydrogen (secondary N) is 2. The van der Waals surface area contributed by atoms with Crippen LogP contribution in [0.2, 0.25) is 15.1 Å². The number of benzene rings is 2. The van der Waals surface area contributed by atoms with Crippen molar-refractivity contribution in [1.82, 2.24) is 4.98 Å². The number of hydrogen-bond acceptors (Lipinski definition) is 2. The molecule has 0 aliphatic heterocycles. The zero-order valence-electron chi connectivity index (χ0n) is 11.5. The topological polar surface area (TPSA) is 62.0 Å². The second-order valence-corrected chi connectivity index (χ2v) is 6.14. The van der Waals surface area contributed by atoms with E-state index in [4.69, 9.17) is 34.8 Å². The Morgan fingerprint density at radius 1 is 0.913 bits per heavy atom. The van der Waals surface area contributed by atoms with Gasteiger partial charge in [-0.3, -0.25) is 9.59 Å². The van der Waals surface area contributed by atoms with Crippen molar-refractivity contribution in [3.8, 4) is 0 Å². The fraction of sp³-hybridized carbons (Fsp3) is 0. The van der Waals surface area contributed by atoms with Gasteiger partial charge in [0.1, 0.15) is 0 Å². The molecule has 2 N–H and O–H groups in total. The second-order valence-electron chi connectivity index (χ2n) is 4.83. The number of rotatable bonds is 3. The number of hydrogen-bond donors (Lipinski definition) is 2. The van der Waals surface area contributed by atoms with Gasteiger partial charge in [0.2, 0.25) is 0 Å². The molecule has 0 atom stereocenters. The van der Waals surface area contributed by atoms with Gasteiger partial charge in [-0.1, -0.05) is 34.8 Å². The van der Waals surface area contributed by atoms with E-state index in [0.717, 1.165) is 5.52 Å². The first kappa shape index (κ1) is 15.9. The Morgan fingerprint density at radius 3 is 2.30 bits per heavy atom. The molecule has 0 unspecified atom stereocenters. The Bertz CT molecular complexity index is 914. The van der Waals surface area contributed by atoms with Gasteiger partial charge < -0.3 is 10.3 Å². The predicted molar refractivity (Wildman–Crippen MR) is 92.7 cm³/mol. The highest BCUT2D eigenvalue weighted by molar-refractivity contribution is 6.48. The normalized spacial score (nSPS) is 10.7. The standard InChI is InChI=1S/C16H9Cl3N2O2/c17-8-1-2-14-12(6-8)13(7-20-14)15(22)16(23)21-11-4-9(18)3-10(19)5-11/h1-7,20H,(H,21,23). The van der Waals surface area contributed by atoms with Gasteiger partial charge in [-0.2, -0.15) is 0 Å². The first-order valence-electron chi connectivity index (χ1n) is 6.52. The van der Waals surface area contributed by atoms with Crippen LogP contribution in [0.5, 0.6) is 0 Å². The molecule has 23 heavy (non-hydrogen) atoms. The van der Waals surface area contributed by atoms with Gasteiger partial charge in [0.25, 0.3) is 11.7 Å². The molecule has 0 fully saturated rings. The first-order valence-corrected chi connectivity index (χ1v) is 7.66. The number of Topliss-reactive ketones (excluding diaryl/α,β-unsaturated/α-hetero) is 1. The van der Waals surface area contributed by atoms with Crippen LogP contribution in [-0.2, 0) is 4.79 Å². The molecule has 0 saturated heterocycles. The van der Waals surface area contributed by atoms with Crippen LogP contribution in [0.1, 0.15) is 10.4 Å². The van der Waals surface area contributed by atoms with E-state index >= 15 is 0 Å². The smallest absolute Gasteiger partial charge is 0.296 e. The van der Waals surface area contributed by atoms with Gasteiger partial charge in [-0.25, -0.2) is 0 Å². The highest BCUT2D eigenvalue weighted by Gasteiger charge is 2.20. The molecule has 1 amide bonds. The van der Waals surface area contributed by atoms with E-state index in [-0.39, 0.29) is 5.56 Å². The van der Waals surface area contributed by atoms with Crippen molar-refractivity contribution in [3.05, 3.63) is 63.2 Å². The Labute approximate surface area is 146 Å². The van der Waals surface area contributed by atoms with E-state index in [1.54, 1.807) is 18.2 Å². The van der Waals surface area contributed by atoms with Gasteiger partial charge in [-0.15, -0.1) is 0 Å². The largest absolute Gasteiger partial charge is 0.360 e. The van der Waals surface area contributed by atoms with Crippen molar-refractivity contribution in [1.29, 1.82) is 0 Å². The summed E-state index contributed by atoms with van der Waals surface area (Å²) in [6, 6.07) is 9.60. The molecule has 4 nitrogen and oxygen atoms in total. The molecule has 3 rings (SSSR count). The molecule has 0 spiro atoms. The van der Waals surface area contributed by atoms with Crippen LogP contribution in [-0.4, -0.2) is 16.7 Å². The minimum atomic E-state index is -0.788. The fourth-order valence-electron chi connectivity index (χ4n) is 2.22. The number of fused-ring (bicyclic) bond motifs is 1. The average molecular weight is 368 g/mol. The SMILES string of the molecule is O=C(Nc1cc(Cl)cc(Cl)c1)C(=O)c1c[nH]c2ccc(Cl)cc12. The van der Waals surface area contributed by atoms with Crippen LogP contribution in [0.4, 0.5) is 5.69 Å². The van der Waals surface area contributed by atoms with E-state index in [1.807, 2.05) is 0 Å². The molecule has 1 aromatic heterocycles. The van der Waals surface area contributed by atoms with E-state index < -0.39 is 11.7 Å². The molecule has 7 heteroatoms. The molecule has 0 saturated carbocycles. The number of aromatic amines is 1. The molecule has 0 aliphatic carbocycles. The summed E-state index contributed by atoms with van der Waals surface area (Å²) < 4.78 is 0. The van der Waals surface area contributed by atoms with Crippen LogP contribution < -0.4 is 5.32 Å². The number of H-pyrrole nitrogens is 1. The summed E-state index contributed by atoms with van der Waals surface area (Å²) in [5.41, 5.74) is 1.31. The maximum absolute atomic E-state index is 12.4. The number of carbonyl (C=O) groups is 2. The van der Waals surface area contributed by atoms with Gasteiger partial charge in [-0.05, 0) is 36.4 Å². The lowest BCUT2D eigenvalue weighted by atomic mass is 10.1. The fourth-order valence-corrected chi connectivity index (χ4v) is 2.92. The van der Waals surface area contributed by atoms with Gasteiger partial charge in [0, 0.05) is 37.9 Å². The lowest BCUT2D eigenvalue weighted by Crippen LogP contribution is -2.22. The van der Waals surface area contributed by atoms with Crippen LogP contribution in [0.15, 0.2) is 42.6 Å². The highest BCUT2D eigenvalue weighted by Crippen LogP contribution is 2.25. The van der Waals surface area contributed by atoms with Crippen molar-refractivity contribution >= 4 is 63.1 Å². The summed E-state index contributed by atoms with van der Waals surface area (Å²) >= 11 is 17.7. The maximum Gasteiger partial charge on any atom is 0.296 e. The molecular weight excluding hydrogens is 359 g/mol. The quantitative estimate of drug-likeness (QED) is 0.508. The molecule has 0 radical (unpaired) electrons.